The molecule has 3 unspecified atom stereocenters. The maximum atomic E-state index is 14.3. The molecule has 0 aliphatic carbocycles. The van der Waals surface area contributed by atoms with Crippen molar-refractivity contribution >= 4 is 5.97 Å². The molecular formula is C23H18F5N2O2-. The van der Waals surface area contributed by atoms with E-state index < -0.39 is 52.3 Å². The molecule has 32 heavy (non-hydrogen) atoms. The first-order valence-corrected chi connectivity index (χ1v) is 9.63. The van der Waals surface area contributed by atoms with Gasteiger partial charge in [0.05, 0.1) is 23.2 Å². The van der Waals surface area contributed by atoms with Crippen LogP contribution < -0.4 is 10.4 Å². The van der Waals surface area contributed by atoms with Gasteiger partial charge in [-0.2, -0.15) is 18.4 Å². The van der Waals surface area contributed by atoms with E-state index in [0.717, 1.165) is 19.1 Å². The van der Waals surface area contributed by atoms with Gasteiger partial charge in [-0.05, 0) is 30.2 Å². The first-order valence-electron chi connectivity index (χ1n) is 9.63. The Bertz CT molecular complexity index is 1140. The molecule has 0 radical (unpaired) electrons. The third-order valence-electron chi connectivity index (χ3n) is 6.03. The van der Waals surface area contributed by atoms with Crippen LogP contribution in [0.3, 0.4) is 0 Å². The fourth-order valence-electron chi connectivity index (χ4n) is 4.18. The van der Waals surface area contributed by atoms with Crippen LogP contribution in [0.15, 0.2) is 53.7 Å². The monoisotopic (exact) mass is 449 g/mol. The molecule has 0 saturated heterocycles. The molecule has 0 fully saturated rings. The van der Waals surface area contributed by atoms with E-state index in [9.17, 15) is 37.1 Å². The van der Waals surface area contributed by atoms with Gasteiger partial charge in [0.15, 0.2) is 0 Å². The summed E-state index contributed by atoms with van der Waals surface area (Å²) in [6, 6.07) is 8.97. The maximum Gasteiger partial charge on any atom is 0.419 e. The lowest BCUT2D eigenvalue weighted by atomic mass is 9.62. The van der Waals surface area contributed by atoms with E-state index in [2.05, 4.69) is 5.32 Å². The smallest absolute Gasteiger partial charge is 0.419 e. The Morgan fingerprint density at radius 2 is 1.78 bits per heavy atom. The lowest BCUT2D eigenvalue weighted by Gasteiger charge is -2.48. The highest BCUT2D eigenvalue weighted by molar-refractivity contribution is 5.77. The van der Waals surface area contributed by atoms with Crippen LogP contribution in [0.4, 0.5) is 22.0 Å². The summed E-state index contributed by atoms with van der Waals surface area (Å²) in [5, 5.41) is 24.9. The molecule has 0 saturated carbocycles. The average Bonchev–Trinajstić information content (AvgIpc) is 2.70. The van der Waals surface area contributed by atoms with Gasteiger partial charge < -0.3 is 15.2 Å². The van der Waals surface area contributed by atoms with Crippen LogP contribution in [0.2, 0.25) is 0 Å². The predicted molar refractivity (Wildman–Crippen MR) is 103 cm³/mol. The molecule has 4 nitrogen and oxygen atoms in total. The number of hydrogen-bond donors (Lipinski definition) is 1. The van der Waals surface area contributed by atoms with Crippen molar-refractivity contribution in [2.24, 2.45) is 5.41 Å². The zero-order valence-electron chi connectivity index (χ0n) is 17.1. The molecule has 1 heterocycles. The number of carboxylic acid groups (broad SMARTS) is 1. The van der Waals surface area contributed by atoms with Crippen molar-refractivity contribution in [2.75, 3.05) is 0 Å². The minimum Gasteiger partial charge on any atom is -0.549 e. The summed E-state index contributed by atoms with van der Waals surface area (Å²) in [6.07, 6.45) is -5.34. The summed E-state index contributed by atoms with van der Waals surface area (Å²) in [5.41, 5.74) is -4.52. The quantitative estimate of drug-likeness (QED) is 0.720. The van der Waals surface area contributed by atoms with Crippen LogP contribution in [0.25, 0.3) is 0 Å². The van der Waals surface area contributed by atoms with Gasteiger partial charge in [0, 0.05) is 29.5 Å². The highest BCUT2D eigenvalue weighted by Gasteiger charge is 2.51. The average molecular weight is 449 g/mol. The molecule has 0 amide bonds. The number of allylic oxidation sites excluding steroid dienone is 2. The summed E-state index contributed by atoms with van der Waals surface area (Å²) in [4.78, 5) is 12.2. The van der Waals surface area contributed by atoms with Crippen LogP contribution in [0.1, 0.15) is 36.5 Å². The highest BCUT2D eigenvalue weighted by Crippen LogP contribution is 2.51. The normalized spacial score (nSPS) is 23.4. The van der Waals surface area contributed by atoms with Crippen LogP contribution in [-0.4, -0.2) is 12.0 Å². The fraction of sp³-hybridized carbons (Fsp3) is 0.304. The van der Waals surface area contributed by atoms with Crippen LogP contribution in [0, 0.1) is 28.4 Å². The Kier molecular flexibility index (Phi) is 6.00. The Hall–Kier alpha value is -3.41. The molecule has 2 aromatic carbocycles. The Morgan fingerprint density at radius 3 is 2.34 bits per heavy atom. The number of carbonyl (C=O) groups excluding carboxylic acids is 1. The zero-order valence-corrected chi connectivity index (χ0v) is 17.1. The van der Waals surface area contributed by atoms with Crippen LogP contribution in [-0.2, 0) is 17.4 Å². The van der Waals surface area contributed by atoms with Gasteiger partial charge in [-0.3, -0.25) is 0 Å². The van der Waals surface area contributed by atoms with Crippen molar-refractivity contribution in [2.45, 2.75) is 38.4 Å². The third kappa shape index (κ3) is 3.81. The zero-order chi connectivity index (χ0) is 23.8. The van der Waals surface area contributed by atoms with Crippen molar-refractivity contribution in [1.29, 1.82) is 5.26 Å². The first-order chi connectivity index (χ1) is 14.9. The van der Waals surface area contributed by atoms with Crippen molar-refractivity contribution < 1.29 is 31.9 Å². The highest BCUT2D eigenvalue weighted by atomic mass is 19.4. The maximum absolute atomic E-state index is 14.3. The molecule has 3 rings (SSSR count). The summed E-state index contributed by atoms with van der Waals surface area (Å²) in [7, 11) is 0. The number of benzene rings is 2. The summed E-state index contributed by atoms with van der Waals surface area (Å²) in [5.74, 6) is -5.59. The second kappa shape index (κ2) is 8.26. The second-order valence-electron chi connectivity index (χ2n) is 7.84. The molecule has 1 N–H and O–H groups in total. The Balaban J connectivity index is 2.33. The minimum atomic E-state index is -5.14. The second-order valence-corrected chi connectivity index (χ2v) is 7.84. The van der Waals surface area contributed by atoms with Crippen molar-refractivity contribution in [3.05, 3.63) is 82.1 Å². The van der Waals surface area contributed by atoms with Gasteiger partial charge in [-0.15, -0.1) is 0 Å². The number of nitrogens with one attached hydrogen (secondary N) is 1. The lowest BCUT2D eigenvalue weighted by molar-refractivity contribution is -0.320. The molecule has 2 aromatic rings. The molecule has 1 aliphatic rings. The summed E-state index contributed by atoms with van der Waals surface area (Å²) >= 11 is 0. The van der Waals surface area contributed by atoms with Gasteiger partial charge in [0.1, 0.15) is 11.6 Å². The fourth-order valence-corrected chi connectivity index (χ4v) is 4.18. The number of aliphatic carboxylic acids is 1. The molecule has 3 atom stereocenters. The van der Waals surface area contributed by atoms with E-state index in [4.69, 9.17) is 0 Å². The number of alkyl halides is 3. The predicted octanol–water partition coefficient (Wildman–Crippen LogP) is 3.84. The van der Waals surface area contributed by atoms with Gasteiger partial charge in [0.25, 0.3) is 0 Å². The van der Waals surface area contributed by atoms with Crippen LogP contribution >= 0.6 is 0 Å². The number of rotatable bonds is 4. The SMILES string of the molecule is CC1NC(Cc2ccccc2F)=C(C#N)C(c2cccc(F)c2C(F)(F)F)C1(C)C(=O)[O-]. The largest absolute Gasteiger partial charge is 0.549 e. The number of halogens is 5. The number of nitrogens with zero attached hydrogens (tertiary/aromatic N) is 1. The van der Waals surface area contributed by atoms with E-state index in [0.29, 0.717) is 6.07 Å². The molecule has 0 bridgehead atoms. The van der Waals surface area contributed by atoms with E-state index in [1.807, 2.05) is 0 Å². The van der Waals surface area contributed by atoms with Gasteiger partial charge in [0.2, 0.25) is 0 Å². The van der Waals surface area contributed by atoms with Crippen LogP contribution in [0.5, 0.6) is 0 Å². The standard InChI is InChI=1S/C23H19F5N2O2/c1-12-22(2,21(31)32)19(14-7-5-9-17(25)20(14)23(26,27)28)15(11-29)18(30-12)10-13-6-3-4-8-16(13)24/h3-9,12,19,30H,10H2,1-2H3,(H,31,32)/p-1. The number of carbonyl (C=O) groups is 1. The molecule has 9 heteroatoms. The lowest BCUT2D eigenvalue weighted by Crippen LogP contribution is -2.58. The Morgan fingerprint density at radius 1 is 1.16 bits per heavy atom. The molecule has 0 aromatic heterocycles. The molecule has 0 spiro atoms. The van der Waals surface area contributed by atoms with Gasteiger partial charge in [-0.1, -0.05) is 37.3 Å². The molecular weight excluding hydrogens is 431 g/mol. The molecule has 1 aliphatic heterocycles. The number of hydrogen-bond acceptors (Lipinski definition) is 4. The van der Waals surface area contributed by atoms with Gasteiger partial charge in [-0.25, -0.2) is 8.78 Å². The van der Waals surface area contributed by atoms with E-state index in [1.54, 1.807) is 12.1 Å². The molecule has 168 valence electrons. The Labute approximate surface area is 181 Å². The number of nitriles is 1. The van der Waals surface area contributed by atoms with E-state index >= 15 is 0 Å². The summed E-state index contributed by atoms with van der Waals surface area (Å²) < 4.78 is 69.9. The van der Waals surface area contributed by atoms with Crippen molar-refractivity contribution in [3.63, 3.8) is 0 Å². The minimum absolute atomic E-state index is 0.0613. The van der Waals surface area contributed by atoms with Crippen molar-refractivity contribution in [3.8, 4) is 6.07 Å². The number of carboxylic acids is 1. The van der Waals surface area contributed by atoms with Gasteiger partial charge >= 0.3 is 6.18 Å². The van der Waals surface area contributed by atoms with Crippen molar-refractivity contribution in [1.82, 2.24) is 5.32 Å². The first kappa shape index (κ1) is 23.3. The topological polar surface area (TPSA) is 76.0 Å². The van der Waals surface area contributed by atoms with E-state index in [-0.39, 0.29) is 23.3 Å². The van der Waals surface area contributed by atoms with E-state index in [1.165, 1.54) is 25.1 Å². The summed E-state index contributed by atoms with van der Waals surface area (Å²) in [6.45, 7) is 2.55. The third-order valence-corrected chi connectivity index (χ3v) is 6.03.